The highest BCUT2D eigenvalue weighted by Crippen LogP contribution is 2.63. The van der Waals surface area contributed by atoms with E-state index in [4.69, 9.17) is 11.6 Å². The second-order valence-electron chi connectivity index (χ2n) is 7.53. The van der Waals surface area contributed by atoms with Crippen molar-refractivity contribution in [1.82, 2.24) is 0 Å². The molecule has 0 fully saturated rings. The third kappa shape index (κ3) is 1.70. The monoisotopic (exact) mass is 364 g/mol. The summed E-state index contributed by atoms with van der Waals surface area (Å²) in [4.78, 5) is 0. The van der Waals surface area contributed by atoms with Gasteiger partial charge in [0, 0.05) is 5.02 Å². The largest absolute Gasteiger partial charge is 0.0843 e. The Bertz CT molecular complexity index is 1240. The molecular formula is C26H17Cl. The summed E-state index contributed by atoms with van der Waals surface area (Å²) >= 11 is 6.52. The lowest BCUT2D eigenvalue weighted by atomic mass is 9.69. The smallest absolute Gasteiger partial charge is 0.0728 e. The average molecular weight is 365 g/mol. The van der Waals surface area contributed by atoms with Gasteiger partial charge in [0.15, 0.2) is 0 Å². The molecule has 0 saturated carbocycles. The Morgan fingerprint density at radius 1 is 0.593 bits per heavy atom. The summed E-state index contributed by atoms with van der Waals surface area (Å²) in [6, 6.07) is 30.7. The molecule has 128 valence electrons. The molecule has 0 amide bonds. The summed E-state index contributed by atoms with van der Waals surface area (Å²) in [6.07, 6.45) is 0. The van der Waals surface area contributed by atoms with Gasteiger partial charge in [-0.2, -0.15) is 0 Å². The maximum Gasteiger partial charge on any atom is 0.0728 e. The van der Waals surface area contributed by atoms with E-state index in [1.807, 2.05) is 6.07 Å². The Morgan fingerprint density at radius 3 is 1.93 bits per heavy atom. The molecule has 0 radical (unpaired) electrons. The summed E-state index contributed by atoms with van der Waals surface area (Å²) < 4.78 is 0. The Kier molecular flexibility index (Phi) is 2.89. The maximum atomic E-state index is 6.52. The zero-order chi connectivity index (χ0) is 18.2. The van der Waals surface area contributed by atoms with E-state index in [0.717, 1.165) is 5.02 Å². The number of benzene rings is 4. The number of halogens is 1. The molecule has 4 aromatic carbocycles. The fourth-order valence-corrected chi connectivity index (χ4v) is 5.55. The van der Waals surface area contributed by atoms with Gasteiger partial charge in [-0.3, -0.25) is 0 Å². The van der Waals surface area contributed by atoms with Crippen molar-refractivity contribution in [1.29, 1.82) is 0 Å². The van der Waals surface area contributed by atoms with Gasteiger partial charge in [0.1, 0.15) is 0 Å². The van der Waals surface area contributed by atoms with Gasteiger partial charge in [-0.15, -0.1) is 0 Å². The van der Waals surface area contributed by atoms with E-state index in [1.54, 1.807) is 0 Å². The van der Waals surface area contributed by atoms with E-state index < -0.39 is 0 Å². The van der Waals surface area contributed by atoms with Gasteiger partial charge in [-0.25, -0.2) is 0 Å². The normalized spacial score (nSPS) is 18.1. The van der Waals surface area contributed by atoms with Crippen LogP contribution in [-0.4, -0.2) is 0 Å². The topological polar surface area (TPSA) is 0 Å². The van der Waals surface area contributed by atoms with E-state index in [9.17, 15) is 0 Å². The van der Waals surface area contributed by atoms with Gasteiger partial charge in [-0.05, 0) is 69.1 Å². The minimum absolute atomic E-state index is 0.284. The lowest BCUT2D eigenvalue weighted by Gasteiger charge is -2.31. The van der Waals surface area contributed by atoms with Crippen LogP contribution >= 0.6 is 11.6 Å². The number of aryl methyl sites for hydroxylation is 1. The minimum atomic E-state index is -0.284. The lowest BCUT2D eigenvalue weighted by molar-refractivity contribution is 0.786. The molecule has 0 saturated heterocycles. The first kappa shape index (κ1) is 15.2. The van der Waals surface area contributed by atoms with E-state index in [-0.39, 0.29) is 5.41 Å². The lowest BCUT2D eigenvalue weighted by Crippen LogP contribution is -2.26. The van der Waals surface area contributed by atoms with Crippen LogP contribution in [0.5, 0.6) is 0 Å². The number of rotatable bonds is 0. The predicted molar refractivity (Wildman–Crippen MR) is 112 cm³/mol. The van der Waals surface area contributed by atoms with E-state index in [1.165, 1.54) is 50.1 Å². The molecule has 1 spiro atoms. The van der Waals surface area contributed by atoms with Crippen LogP contribution in [0.15, 0.2) is 84.9 Å². The van der Waals surface area contributed by atoms with Crippen molar-refractivity contribution in [2.24, 2.45) is 0 Å². The highest BCUT2D eigenvalue weighted by atomic mass is 35.5. The molecule has 1 heteroatoms. The molecule has 1 atom stereocenters. The summed E-state index contributed by atoms with van der Waals surface area (Å²) in [7, 11) is 0. The van der Waals surface area contributed by atoms with Gasteiger partial charge >= 0.3 is 0 Å². The Balaban J connectivity index is 1.90. The van der Waals surface area contributed by atoms with Gasteiger partial charge in [0.2, 0.25) is 0 Å². The summed E-state index contributed by atoms with van der Waals surface area (Å²) in [5.74, 6) is 0. The van der Waals surface area contributed by atoms with Gasteiger partial charge in [0.25, 0.3) is 0 Å². The first-order valence-electron chi connectivity index (χ1n) is 9.33. The molecular weight excluding hydrogens is 348 g/mol. The molecule has 0 heterocycles. The van der Waals surface area contributed by atoms with E-state index in [2.05, 4.69) is 85.8 Å². The maximum absolute atomic E-state index is 6.52. The zero-order valence-electron chi connectivity index (χ0n) is 15.0. The summed E-state index contributed by atoms with van der Waals surface area (Å²) in [5, 5.41) is 0.792. The highest BCUT2D eigenvalue weighted by molar-refractivity contribution is 6.30. The van der Waals surface area contributed by atoms with Crippen LogP contribution in [0.4, 0.5) is 0 Å². The fraction of sp³-hybridized carbons (Fsp3) is 0.0769. The van der Waals surface area contributed by atoms with Crippen LogP contribution in [0.25, 0.3) is 22.3 Å². The molecule has 0 aromatic heterocycles. The Labute approximate surface area is 164 Å². The van der Waals surface area contributed by atoms with E-state index >= 15 is 0 Å². The van der Waals surface area contributed by atoms with Crippen molar-refractivity contribution in [2.75, 3.05) is 0 Å². The first-order chi connectivity index (χ1) is 13.2. The number of hydrogen-bond acceptors (Lipinski definition) is 0. The first-order valence-corrected chi connectivity index (χ1v) is 9.70. The Morgan fingerprint density at radius 2 is 1.19 bits per heavy atom. The second-order valence-corrected chi connectivity index (χ2v) is 7.96. The van der Waals surface area contributed by atoms with Crippen LogP contribution in [-0.2, 0) is 5.41 Å². The standard InChI is InChI=1S/C26H17Cl/c1-16-7-6-10-21-19-9-3-5-12-23(19)26(25(16)21)22-11-4-2-8-18(22)20-14-13-17(27)15-24(20)26/h2-15H,1H3. The summed E-state index contributed by atoms with van der Waals surface area (Å²) in [5.41, 5.74) is 11.8. The van der Waals surface area contributed by atoms with Crippen LogP contribution in [0.3, 0.4) is 0 Å². The molecule has 2 aliphatic rings. The van der Waals surface area contributed by atoms with Gasteiger partial charge in [0.05, 0.1) is 5.41 Å². The van der Waals surface area contributed by atoms with Gasteiger partial charge in [-0.1, -0.05) is 84.4 Å². The molecule has 1 unspecified atom stereocenters. The average Bonchev–Trinajstić information content (AvgIpc) is 3.16. The SMILES string of the molecule is Cc1cccc2c1C1(c3ccccc3-c3ccc(Cl)cc31)c1ccccc1-2. The van der Waals surface area contributed by atoms with Crippen molar-refractivity contribution in [3.8, 4) is 22.3 Å². The second kappa shape index (κ2) is 5.12. The zero-order valence-corrected chi connectivity index (χ0v) is 15.7. The van der Waals surface area contributed by atoms with Crippen molar-refractivity contribution >= 4 is 11.6 Å². The van der Waals surface area contributed by atoms with Crippen molar-refractivity contribution < 1.29 is 0 Å². The molecule has 6 rings (SSSR count). The Hall–Kier alpha value is -2.83. The van der Waals surface area contributed by atoms with Crippen molar-refractivity contribution in [3.63, 3.8) is 0 Å². The molecule has 0 bridgehead atoms. The van der Waals surface area contributed by atoms with Crippen LogP contribution < -0.4 is 0 Å². The molecule has 4 aromatic rings. The quantitative estimate of drug-likeness (QED) is 0.272. The third-order valence-corrected chi connectivity index (χ3v) is 6.51. The van der Waals surface area contributed by atoms with Crippen molar-refractivity contribution in [3.05, 3.63) is 118 Å². The van der Waals surface area contributed by atoms with Crippen molar-refractivity contribution in [2.45, 2.75) is 12.3 Å². The van der Waals surface area contributed by atoms with Crippen LogP contribution in [0, 0.1) is 6.92 Å². The number of fused-ring (bicyclic) bond motifs is 10. The van der Waals surface area contributed by atoms with Crippen LogP contribution in [0.2, 0.25) is 5.02 Å². The van der Waals surface area contributed by atoms with Crippen LogP contribution in [0.1, 0.15) is 27.8 Å². The van der Waals surface area contributed by atoms with Gasteiger partial charge < -0.3 is 0 Å². The predicted octanol–water partition coefficient (Wildman–Crippen LogP) is 6.99. The van der Waals surface area contributed by atoms with E-state index in [0.29, 0.717) is 0 Å². The third-order valence-electron chi connectivity index (χ3n) is 6.28. The molecule has 27 heavy (non-hydrogen) atoms. The molecule has 0 N–H and O–H groups in total. The molecule has 0 aliphatic heterocycles. The summed E-state index contributed by atoms with van der Waals surface area (Å²) in [6.45, 7) is 2.23. The highest BCUT2D eigenvalue weighted by Gasteiger charge is 2.52. The number of hydrogen-bond donors (Lipinski definition) is 0. The molecule has 0 nitrogen and oxygen atoms in total. The minimum Gasteiger partial charge on any atom is -0.0843 e. The molecule has 2 aliphatic carbocycles. The fourth-order valence-electron chi connectivity index (χ4n) is 5.38.